The predicted octanol–water partition coefficient (Wildman–Crippen LogP) is 2.33. The van der Waals surface area contributed by atoms with E-state index in [2.05, 4.69) is 31.5 Å². The van der Waals surface area contributed by atoms with Crippen LogP contribution in [0.3, 0.4) is 0 Å². The van der Waals surface area contributed by atoms with Crippen LogP contribution in [0.2, 0.25) is 0 Å². The highest BCUT2D eigenvalue weighted by molar-refractivity contribution is 7.80. The minimum absolute atomic E-state index is 0.0207. The second kappa shape index (κ2) is 3.45. The fourth-order valence-electron chi connectivity index (χ4n) is 1.46. The van der Waals surface area contributed by atoms with Crippen LogP contribution >= 0.6 is 12.6 Å². The zero-order valence-electron chi connectivity index (χ0n) is 8.70. The highest BCUT2D eigenvalue weighted by Gasteiger charge is 2.19. The number of benzene rings is 1. The molecule has 1 heterocycles. The molecule has 0 unspecified atom stereocenters. The first-order valence-electron chi connectivity index (χ1n) is 4.77. The van der Waals surface area contributed by atoms with Gasteiger partial charge in [0.15, 0.2) is 5.58 Å². The molecule has 0 radical (unpaired) electrons. The van der Waals surface area contributed by atoms with E-state index in [1.165, 1.54) is 0 Å². The number of aromatic amines is 1. The van der Waals surface area contributed by atoms with Crippen molar-refractivity contribution < 1.29 is 4.42 Å². The van der Waals surface area contributed by atoms with Crippen molar-refractivity contribution in [2.45, 2.75) is 19.3 Å². The van der Waals surface area contributed by atoms with Gasteiger partial charge in [0.05, 0.1) is 5.52 Å². The second-order valence-electron chi connectivity index (χ2n) is 4.27. The number of rotatable bonds is 2. The van der Waals surface area contributed by atoms with Gasteiger partial charge in [0, 0.05) is 0 Å². The molecule has 80 valence electrons. The maximum atomic E-state index is 11.0. The summed E-state index contributed by atoms with van der Waals surface area (Å²) in [5.74, 6) is 0.332. The number of fused-ring (bicyclic) bond motifs is 1. The molecule has 0 fully saturated rings. The first kappa shape index (κ1) is 10.4. The first-order valence-corrected chi connectivity index (χ1v) is 5.40. The van der Waals surface area contributed by atoms with Crippen LogP contribution < -0.4 is 5.76 Å². The minimum Gasteiger partial charge on any atom is -0.408 e. The summed E-state index contributed by atoms with van der Waals surface area (Å²) < 4.78 is 5.01. The van der Waals surface area contributed by atoms with E-state index in [0.717, 1.165) is 16.8 Å². The van der Waals surface area contributed by atoms with Gasteiger partial charge in [0.25, 0.3) is 0 Å². The fourth-order valence-corrected chi connectivity index (χ4v) is 1.64. The molecule has 0 atom stereocenters. The molecule has 0 aliphatic carbocycles. The van der Waals surface area contributed by atoms with Gasteiger partial charge < -0.3 is 4.42 Å². The molecule has 0 saturated heterocycles. The summed E-state index contributed by atoms with van der Waals surface area (Å²) >= 11 is 4.31. The topological polar surface area (TPSA) is 46.0 Å². The number of oxazole rings is 1. The van der Waals surface area contributed by atoms with E-state index in [-0.39, 0.29) is 5.41 Å². The lowest BCUT2D eigenvalue weighted by molar-refractivity contribution is 0.551. The van der Waals surface area contributed by atoms with E-state index in [1.54, 1.807) is 0 Å². The third-order valence-corrected chi connectivity index (χ3v) is 3.39. The summed E-state index contributed by atoms with van der Waals surface area (Å²) in [5, 5.41) is 0. The zero-order valence-corrected chi connectivity index (χ0v) is 9.60. The standard InChI is InChI=1S/C11H13NO2S/c1-11(2,6-15)7-3-4-8-9(5-7)14-10(13)12-8/h3-5,15H,6H2,1-2H3,(H,12,13). The molecular weight excluding hydrogens is 210 g/mol. The van der Waals surface area contributed by atoms with Crippen LogP contribution in [-0.2, 0) is 5.41 Å². The fraction of sp³-hybridized carbons (Fsp3) is 0.364. The minimum atomic E-state index is -0.411. The molecular formula is C11H13NO2S. The molecule has 0 aliphatic rings. The molecule has 0 saturated carbocycles. The first-order chi connectivity index (χ1) is 7.03. The van der Waals surface area contributed by atoms with Crippen LogP contribution in [0, 0.1) is 0 Å². The summed E-state index contributed by atoms with van der Waals surface area (Å²) in [6.45, 7) is 4.21. The maximum Gasteiger partial charge on any atom is 0.417 e. The van der Waals surface area contributed by atoms with E-state index in [1.807, 2.05) is 18.2 Å². The van der Waals surface area contributed by atoms with E-state index >= 15 is 0 Å². The van der Waals surface area contributed by atoms with Crippen molar-refractivity contribution in [2.24, 2.45) is 0 Å². The van der Waals surface area contributed by atoms with Crippen LogP contribution in [-0.4, -0.2) is 10.7 Å². The Labute approximate surface area is 92.9 Å². The Morgan fingerprint density at radius 3 is 2.87 bits per heavy atom. The van der Waals surface area contributed by atoms with Gasteiger partial charge in [-0.2, -0.15) is 12.6 Å². The molecule has 2 aromatic rings. The average Bonchev–Trinajstić information content (AvgIpc) is 2.56. The molecule has 1 aromatic heterocycles. The molecule has 0 bridgehead atoms. The smallest absolute Gasteiger partial charge is 0.408 e. The van der Waals surface area contributed by atoms with Crippen LogP contribution in [0.15, 0.2) is 27.4 Å². The molecule has 0 spiro atoms. The Morgan fingerprint density at radius 1 is 1.47 bits per heavy atom. The van der Waals surface area contributed by atoms with Crippen molar-refractivity contribution in [2.75, 3.05) is 5.75 Å². The summed E-state index contributed by atoms with van der Waals surface area (Å²) in [6.07, 6.45) is 0. The summed E-state index contributed by atoms with van der Waals surface area (Å²) in [5.41, 5.74) is 2.44. The van der Waals surface area contributed by atoms with Gasteiger partial charge in [-0.1, -0.05) is 19.9 Å². The Balaban J connectivity index is 2.60. The van der Waals surface area contributed by atoms with Crippen molar-refractivity contribution in [3.05, 3.63) is 34.3 Å². The van der Waals surface area contributed by atoms with Crippen molar-refractivity contribution in [3.8, 4) is 0 Å². The second-order valence-corrected chi connectivity index (χ2v) is 4.58. The Kier molecular flexibility index (Phi) is 2.38. The van der Waals surface area contributed by atoms with Crippen LogP contribution in [0.25, 0.3) is 11.1 Å². The summed E-state index contributed by atoms with van der Waals surface area (Å²) in [4.78, 5) is 13.6. The van der Waals surface area contributed by atoms with Crippen molar-refractivity contribution in [3.63, 3.8) is 0 Å². The number of hydrogen-bond acceptors (Lipinski definition) is 3. The van der Waals surface area contributed by atoms with E-state index in [4.69, 9.17) is 4.42 Å². The SMILES string of the molecule is CC(C)(CS)c1ccc2[nH]c(=O)oc2c1. The van der Waals surface area contributed by atoms with Gasteiger partial charge >= 0.3 is 5.76 Å². The highest BCUT2D eigenvalue weighted by Crippen LogP contribution is 2.26. The monoisotopic (exact) mass is 223 g/mol. The van der Waals surface area contributed by atoms with E-state index < -0.39 is 5.76 Å². The number of nitrogens with one attached hydrogen (secondary N) is 1. The molecule has 1 aromatic carbocycles. The van der Waals surface area contributed by atoms with Crippen molar-refractivity contribution >= 4 is 23.7 Å². The summed E-state index contributed by atoms with van der Waals surface area (Å²) in [7, 11) is 0. The molecule has 4 heteroatoms. The Hall–Kier alpha value is -1.16. The molecule has 0 aliphatic heterocycles. The number of H-pyrrole nitrogens is 1. The van der Waals surface area contributed by atoms with Gasteiger partial charge in [-0.3, -0.25) is 4.98 Å². The van der Waals surface area contributed by atoms with Gasteiger partial charge in [-0.15, -0.1) is 0 Å². The van der Waals surface area contributed by atoms with Gasteiger partial charge in [0.2, 0.25) is 0 Å². The third-order valence-electron chi connectivity index (χ3n) is 2.60. The van der Waals surface area contributed by atoms with Gasteiger partial charge in [-0.25, -0.2) is 4.79 Å². The largest absolute Gasteiger partial charge is 0.417 e. The highest BCUT2D eigenvalue weighted by atomic mass is 32.1. The number of thiol groups is 1. The van der Waals surface area contributed by atoms with Gasteiger partial charge in [-0.05, 0) is 28.9 Å². The molecule has 15 heavy (non-hydrogen) atoms. The quantitative estimate of drug-likeness (QED) is 0.767. The van der Waals surface area contributed by atoms with E-state index in [0.29, 0.717) is 5.58 Å². The Morgan fingerprint density at radius 2 is 2.20 bits per heavy atom. The number of aromatic nitrogens is 1. The molecule has 2 rings (SSSR count). The van der Waals surface area contributed by atoms with Crippen LogP contribution in [0.5, 0.6) is 0 Å². The molecule has 1 N–H and O–H groups in total. The lowest BCUT2D eigenvalue weighted by atomic mass is 9.87. The maximum absolute atomic E-state index is 11.0. The van der Waals surface area contributed by atoms with Crippen molar-refractivity contribution in [1.82, 2.24) is 4.98 Å². The lowest BCUT2D eigenvalue weighted by Gasteiger charge is -2.22. The normalized spacial score (nSPS) is 12.2. The zero-order chi connectivity index (χ0) is 11.1. The number of hydrogen-bond donors (Lipinski definition) is 2. The van der Waals surface area contributed by atoms with E-state index in [9.17, 15) is 4.79 Å². The Bertz CT molecular complexity index is 539. The summed E-state index contributed by atoms with van der Waals surface area (Å²) in [6, 6.07) is 5.74. The predicted molar refractivity (Wildman–Crippen MR) is 63.7 cm³/mol. The third kappa shape index (κ3) is 1.81. The lowest BCUT2D eigenvalue weighted by Crippen LogP contribution is -2.18. The molecule has 3 nitrogen and oxygen atoms in total. The van der Waals surface area contributed by atoms with Crippen LogP contribution in [0.1, 0.15) is 19.4 Å². The van der Waals surface area contributed by atoms with Crippen molar-refractivity contribution in [1.29, 1.82) is 0 Å². The molecule has 0 amide bonds. The van der Waals surface area contributed by atoms with Gasteiger partial charge in [0.1, 0.15) is 0 Å². The average molecular weight is 223 g/mol. The van der Waals surface area contributed by atoms with Crippen LogP contribution in [0.4, 0.5) is 0 Å².